The first-order valence-corrected chi connectivity index (χ1v) is 7.67. The second-order valence-corrected chi connectivity index (χ2v) is 6.65. The third-order valence-electron chi connectivity index (χ3n) is 2.30. The van der Waals surface area contributed by atoms with Crippen LogP contribution in [0.1, 0.15) is 40.0 Å². The minimum atomic E-state index is -3.08. The second kappa shape index (κ2) is 8.03. The van der Waals surface area contributed by atoms with Crippen LogP contribution in [0.15, 0.2) is 0 Å². The van der Waals surface area contributed by atoms with Crippen molar-refractivity contribution < 1.29 is 8.42 Å². The molecule has 1 unspecified atom stereocenters. The number of hydrogen-bond donors (Lipinski definition) is 2. The Morgan fingerprint density at radius 2 is 1.75 bits per heavy atom. The van der Waals surface area contributed by atoms with Gasteiger partial charge < -0.3 is 5.32 Å². The normalized spacial score (nSPS) is 14.3. The lowest BCUT2D eigenvalue weighted by atomic mass is 10.1. The Labute approximate surface area is 100 Å². The zero-order chi connectivity index (χ0) is 12.6. The molecule has 0 rings (SSSR count). The monoisotopic (exact) mass is 250 g/mol. The smallest absolute Gasteiger partial charge is 0.211 e. The van der Waals surface area contributed by atoms with Crippen molar-refractivity contribution in [2.45, 2.75) is 46.1 Å². The van der Waals surface area contributed by atoms with Crippen molar-refractivity contribution in [3.8, 4) is 0 Å². The molecule has 0 saturated carbocycles. The van der Waals surface area contributed by atoms with E-state index in [4.69, 9.17) is 0 Å². The molecule has 0 bridgehead atoms. The molecule has 0 radical (unpaired) electrons. The Bertz CT molecular complexity index is 263. The molecule has 0 amide bonds. The van der Waals surface area contributed by atoms with Gasteiger partial charge in [0, 0.05) is 6.04 Å². The van der Waals surface area contributed by atoms with E-state index in [1.807, 2.05) is 14.0 Å². The average Bonchev–Trinajstić information content (AvgIpc) is 2.10. The molecular weight excluding hydrogens is 224 g/mol. The molecule has 1 atom stereocenters. The van der Waals surface area contributed by atoms with Gasteiger partial charge in [0.05, 0.1) is 5.75 Å². The van der Waals surface area contributed by atoms with Crippen LogP contribution >= 0.6 is 0 Å². The summed E-state index contributed by atoms with van der Waals surface area (Å²) in [7, 11) is -1.21. The summed E-state index contributed by atoms with van der Waals surface area (Å²) in [6.07, 6.45) is 2.50. The van der Waals surface area contributed by atoms with E-state index in [0.29, 0.717) is 12.3 Å². The van der Waals surface area contributed by atoms with Gasteiger partial charge in [0.25, 0.3) is 0 Å². The maximum Gasteiger partial charge on any atom is 0.211 e. The lowest BCUT2D eigenvalue weighted by Gasteiger charge is -2.15. The summed E-state index contributed by atoms with van der Waals surface area (Å²) in [5.74, 6) is 0.749. The van der Waals surface area contributed by atoms with Crippen molar-refractivity contribution in [3.63, 3.8) is 0 Å². The first-order valence-electron chi connectivity index (χ1n) is 6.02. The van der Waals surface area contributed by atoms with Crippen molar-refractivity contribution in [2.24, 2.45) is 5.92 Å². The highest BCUT2D eigenvalue weighted by atomic mass is 32.2. The fourth-order valence-corrected chi connectivity index (χ4v) is 3.13. The van der Waals surface area contributed by atoms with Crippen LogP contribution in [0.3, 0.4) is 0 Å². The maximum atomic E-state index is 11.7. The summed E-state index contributed by atoms with van der Waals surface area (Å²) in [5.41, 5.74) is 0. The molecule has 16 heavy (non-hydrogen) atoms. The van der Waals surface area contributed by atoms with Gasteiger partial charge in [0.2, 0.25) is 10.0 Å². The molecule has 0 aromatic heterocycles. The summed E-state index contributed by atoms with van der Waals surface area (Å²) in [5, 5.41) is 3.01. The summed E-state index contributed by atoms with van der Waals surface area (Å²) < 4.78 is 26.0. The predicted molar refractivity (Wildman–Crippen MR) is 69.0 cm³/mol. The summed E-state index contributed by atoms with van der Waals surface area (Å²) in [4.78, 5) is 0. The van der Waals surface area contributed by atoms with E-state index in [1.165, 1.54) is 0 Å². The number of rotatable bonds is 9. The quantitative estimate of drug-likeness (QED) is 0.607. The van der Waals surface area contributed by atoms with Crippen molar-refractivity contribution >= 4 is 10.0 Å². The minimum absolute atomic E-state index is 0.0364. The van der Waals surface area contributed by atoms with Crippen molar-refractivity contribution in [3.05, 3.63) is 0 Å². The molecule has 0 fully saturated rings. The highest BCUT2D eigenvalue weighted by Gasteiger charge is 2.14. The van der Waals surface area contributed by atoms with Crippen molar-refractivity contribution in [2.75, 3.05) is 19.3 Å². The van der Waals surface area contributed by atoms with Gasteiger partial charge in [-0.2, -0.15) is 0 Å². The minimum Gasteiger partial charge on any atom is -0.320 e. The largest absolute Gasteiger partial charge is 0.320 e. The topological polar surface area (TPSA) is 58.2 Å². The SMILES string of the molecule is CNCCCCS(=O)(=O)NC(C)CC(C)C. The van der Waals surface area contributed by atoms with Gasteiger partial charge in [-0.15, -0.1) is 0 Å². The van der Waals surface area contributed by atoms with Crippen LogP contribution in [0, 0.1) is 5.92 Å². The van der Waals surface area contributed by atoms with Crippen LogP contribution in [0.5, 0.6) is 0 Å². The number of hydrogen-bond acceptors (Lipinski definition) is 3. The molecule has 0 aliphatic heterocycles. The van der Waals surface area contributed by atoms with Crippen LogP contribution in [0.2, 0.25) is 0 Å². The molecule has 0 heterocycles. The lowest BCUT2D eigenvalue weighted by Crippen LogP contribution is -2.35. The molecular formula is C11H26N2O2S. The third-order valence-corrected chi connectivity index (χ3v) is 3.88. The second-order valence-electron chi connectivity index (χ2n) is 4.78. The molecule has 0 aromatic rings. The fraction of sp³-hybridized carbons (Fsp3) is 1.00. The van der Waals surface area contributed by atoms with Crippen LogP contribution in [0.4, 0.5) is 0 Å². The molecule has 98 valence electrons. The van der Waals surface area contributed by atoms with E-state index in [9.17, 15) is 8.42 Å². The van der Waals surface area contributed by atoms with Gasteiger partial charge in [-0.1, -0.05) is 13.8 Å². The summed E-state index contributed by atoms with van der Waals surface area (Å²) >= 11 is 0. The lowest BCUT2D eigenvalue weighted by molar-refractivity contribution is 0.481. The zero-order valence-corrected chi connectivity index (χ0v) is 11.7. The highest BCUT2D eigenvalue weighted by Crippen LogP contribution is 2.05. The molecule has 4 nitrogen and oxygen atoms in total. The molecule has 5 heteroatoms. The number of unbranched alkanes of at least 4 members (excludes halogenated alkanes) is 1. The molecule has 0 saturated heterocycles. The highest BCUT2D eigenvalue weighted by molar-refractivity contribution is 7.89. The molecule has 0 aliphatic rings. The van der Waals surface area contributed by atoms with Crippen LogP contribution in [-0.2, 0) is 10.0 Å². The van der Waals surface area contributed by atoms with Crippen LogP contribution in [-0.4, -0.2) is 33.8 Å². The van der Waals surface area contributed by atoms with Crippen molar-refractivity contribution in [1.29, 1.82) is 0 Å². The summed E-state index contributed by atoms with van der Waals surface area (Å²) in [6.45, 7) is 6.98. The number of nitrogens with one attached hydrogen (secondary N) is 2. The third kappa shape index (κ3) is 9.12. The first kappa shape index (κ1) is 15.9. The van der Waals surface area contributed by atoms with Crippen molar-refractivity contribution in [1.82, 2.24) is 10.0 Å². The fourth-order valence-electron chi connectivity index (χ4n) is 1.71. The summed E-state index contributed by atoms with van der Waals surface area (Å²) in [6, 6.07) is 0.0364. The van der Waals surface area contributed by atoms with E-state index < -0.39 is 10.0 Å². The Morgan fingerprint density at radius 1 is 1.12 bits per heavy atom. The van der Waals surface area contributed by atoms with Crippen LogP contribution < -0.4 is 10.0 Å². The van der Waals surface area contributed by atoms with Gasteiger partial charge in [-0.25, -0.2) is 13.1 Å². The van der Waals surface area contributed by atoms with Gasteiger partial charge in [0.15, 0.2) is 0 Å². The molecule has 2 N–H and O–H groups in total. The average molecular weight is 250 g/mol. The standard InChI is InChI=1S/C11H26N2O2S/c1-10(2)9-11(3)13-16(14,15)8-6-5-7-12-4/h10-13H,5-9H2,1-4H3. The first-order chi connectivity index (χ1) is 7.37. The Balaban J connectivity index is 3.86. The Morgan fingerprint density at radius 3 is 2.25 bits per heavy atom. The predicted octanol–water partition coefficient (Wildman–Crippen LogP) is 1.34. The Hall–Kier alpha value is -0.130. The maximum absolute atomic E-state index is 11.7. The van der Waals surface area contributed by atoms with Gasteiger partial charge in [-0.3, -0.25) is 0 Å². The van der Waals surface area contributed by atoms with Gasteiger partial charge in [0.1, 0.15) is 0 Å². The number of sulfonamides is 1. The van der Waals surface area contributed by atoms with E-state index in [0.717, 1.165) is 19.4 Å². The van der Waals surface area contributed by atoms with Gasteiger partial charge >= 0.3 is 0 Å². The van der Waals surface area contributed by atoms with E-state index in [2.05, 4.69) is 23.9 Å². The van der Waals surface area contributed by atoms with Crippen LogP contribution in [0.25, 0.3) is 0 Å². The molecule has 0 aromatic carbocycles. The molecule has 0 spiro atoms. The Kier molecular flexibility index (Phi) is 7.97. The zero-order valence-electron chi connectivity index (χ0n) is 10.9. The van der Waals surface area contributed by atoms with E-state index in [1.54, 1.807) is 0 Å². The van der Waals surface area contributed by atoms with E-state index >= 15 is 0 Å². The molecule has 0 aliphatic carbocycles. The van der Waals surface area contributed by atoms with E-state index in [-0.39, 0.29) is 11.8 Å². The van der Waals surface area contributed by atoms with Gasteiger partial charge in [-0.05, 0) is 45.7 Å².